The summed E-state index contributed by atoms with van der Waals surface area (Å²) < 4.78 is 27.0. The monoisotopic (exact) mass is 342 g/mol. The van der Waals surface area contributed by atoms with Gasteiger partial charge in [-0.2, -0.15) is 0 Å². The number of thiocarbonyl (C=S) groups is 1. The summed E-state index contributed by atoms with van der Waals surface area (Å²) in [4.78, 5) is 7.70. The molecule has 0 fully saturated rings. The van der Waals surface area contributed by atoms with E-state index in [1.807, 2.05) is 0 Å². The number of halogens is 1. The SMILES string of the molecule is NC(=S)c1ccc(Cl)c(S(=O)(=O)NCc2ccncn2)c1. The second-order valence-electron chi connectivity index (χ2n) is 4.03. The summed E-state index contributed by atoms with van der Waals surface area (Å²) >= 11 is 10.8. The van der Waals surface area contributed by atoms with E-state index in [0.29, 0.717) is 11.3 Å². The standard InChI is InChI=1S/C12H11ClN4O2S2/c13-10-2-1-8(12(14)20)5-11(10)21(18,19)17-6-9-3-4-15-7-16-9/h1-5,7,17H,6H2,(H2,14,20). The minimum absolute atomic E-state index is 0.0263. The average molecular weight is 343 g/mol. The van der Waals surface area contributed by atoms with E-state index >= 15 is 0 Å². The largest absolute Gasteiger partial charge is 0.389 e. The number of nitrogens with two attached hydrogens (primary N) is 1. The highest BCUT2D eigenvalue weighted by Gasteiger charge is 2.19. The lowest BCUT2D eigenvalue weighted by Crippen LogP contribution is -2.24. The maximum Gasteiger partial charge on any atom is 0.242 e. The van der Waals surface area contributed by atoms with Crippen LogP contribution in [0, 0.1) is 0 Å². The van der Waals surface area contributed by atoms with Crippen LogP contribution in [0.3, 0.4) is 0 Å². The van der Waals surface area contributed by atoms with E-state index in [0.717, 1.165) is 0 Å². The molecule has 0 aliphatic carbocycles. The molecule has 1 aromatic carbocycles. The van der Waals surface area contributed by atoms with Gasteiger partial charge in [0.25, 0.3) is 0 Å². The van der Waals surface area contributed by atoms with E-state index < -0.39 is 10.0 Å². The molecule has 0 atom stereocenters. The molecule has 0 radical (unpaired) electrons. The van der Waals surface area contributed by atoms with Crippen molar-refractivity contribution in [2.45, 2.75) is 11.4 Å². The molecule has 0 saturated carbocycles. The quantitative estimate of drug-likeness (QED) is 0.793. The van der Waals surface area contributed by atoms with E-state index in [1.54, 1.807) is 12.1 Å². The summed E-state index contributed by atoms with van der Waals surface area (Å²) in [7, 11) is -3.80. The van der Waals surface area contributed by atoms with Crippen LogP contribution in [0.5, 0.6) is 0 Å². The van der Waals surface area contributed by atoms with Gasteiger partial charge in [0.15, 0.2) is 0 Å². The fraction of sp³-hybridized carbons (Fsp3) is 0.0833. The lowest BCUT2D eigenvalue weighted by atomic mass is 10.2. The number of nitrogens with zero attached hydrogens (tertiary/aromatic N) is 2. The third-order valence-electron chi connectivity index (χ3n) is 2.59. The highest BCUT2D eigenvalue weighted by Crippen LogP contribution is 2.22. The Bertz CT molecular complexity index is 766. The van der Waals surface area contributed by atoms with Gasteiger partial charge < -0.3 is 5.73 Å². The summed E-state index contributed by atoms with van der Waals surface area (Å²) in [5.74, 6) is 0. The summed E-state index contributed by atoms with van der Waals surface area (Å²) in [6.07, 6.45) is 2.86. The first-order valence-electron chi connectivity index (χ1n) is 5.74. The number of sulfonamides is 1. The molecule has 2 rings (SSSR count). The van der Waals surface area contributed by atoms with Crippen molar-refractivity contribution in [3.05, 3.63) is 53.1 Å². The third-order valence-corrected chi connectivity index (χ3v) is 4.71. The van der Waals surface area contributed by atoms with Crippen molar-refractivity contribution in [2.24, 2.45) is 5.73 Å². The van der Waals surface area contributed by atoms with E-state index in [9.17, 15) is 8.42 Å². The summed E-state index contributed by atoms with van der Waals surface area (Å²) in [6.45, 7) is 0.0263. The Kier molecular flexibility index (Phi) is 4.84. The fourth-order valence-electron chi connectivity index (χ4n) is 1.53. The minimum atomic E-state index is -3.80. The van der Waals surface area contributed by atoms with Gasteiger partial charge in [-0.1, -0.05) is 29.9 Å². The van der Waals surface area contributed by atoms with Crippen molar-refractivity contribution >= 4 is 38.8 Å². The van der Waals surface area contributed by atoms with Gasteiger partial charge in [0.2, 0.25) is 10.0 Å². The molecular formula is C12H11ClN4O2S2. The van der Waals surface area contributed by atoms with Crippen molar-refractivity contribution in [1.29, 1.82) is 0 Å². The number of aromatic nitrogens is 2. The van der Waals surface area contributed by atoms with Crippen molar-refractivity contribution in [2.75, 3.05) is 0 Å². The van der Waals surface area contributed by atoms with Crippen molar-refractivity contribution < 1.29 is 8.42 Å². The van der Waals surface area contributed by atoms with Crippen LogP contribution in [0.2, 0.25) is 5.02 Å². The van der Waals surface area contributed by atoms with Crippen LogP contribution in [-0.4, -0.2) is 23.4 Å². The second kappa shape index (κ2) is 6.44. The van der Waals surface area contributed by atoms with Crippen LogP contribution in [0.4, 0.5) is 0 Å². The van der Waals surface area contributed by atoms with Crippen LogP contribution < -0.4 is 10.5 Å². The minimum Gasteiger partial charge on any atom is -0.389 e. The fourth-order valence-corrected chi connectivity index (χ4v) is 3.18. The summed E-state index contributed by atoms with van der Waals surface area (Å²) in [5, 5.41) is 0.0881. The Labute approximate surface area is 132 Å². The zero-order valence-electron chi connectivity index (χ0n) is 10.7. The molecule has 2 aromatic rings. The Morgan fingerprint density at radius 1 is 1.38 bits per heavy atom. The molecule has 0 unspecified atom stereocenters. The lowest BCUT2D eigenvalue weighted by molar-refractivity contribution is 0.580. The normalized spacial score (nSPS) is 11.3. The molecule has 9 heteroatoms. The zero-order valence-corrected chi connectivity index (χ0v) is 13.0. The Balaban J connectivity index is 2.27. The number of hydrogen-bond acceptors (Lipinski definition) is 5. The molecular weight excluding hydrogens is 332 g/mol. The Morgan fingerprint density at radius 2 is 2.14 bits per heavy atom. The highest BCUT2D eigenvalue weighted by atomic mass is 35.5. The smallest absolute Gasteiger partial charge is 0.242 e. The Morgan fingerprint density at radius 3 is 2.76 bits per heavy atom. The van der Waals surface area contributed by atoms with Crippen LogP contribution in [-0.2, 0) is 16.6 Å². The maximum atomic E-state index is 12.3. The van der Waals surface area contributed by atoms with Gasteiger partial charge in [0, 0.05) is 11.8 Å². The van der Waals surface area contributed by atoms with Crippen molar-refractivity contribution in [3.63, 3.8) is 0 Å². The molecule has 0 bridgehead atoms. The van der Waals surface area contributed by atoms with Gasteiger partial charge in [0.05, 0.1) is 17.3 Å². The third kappa shape index (κ3) is 3.94. The van der Waals surface area contributed by atoms with Crippen molar-refractivity contribution in [1.82, 2.24) is 14.7 Å². The molecule has 110 valence electrons. The van der Waals surface area contributed by atoms with Gasteiger partial charge in [0.1, 0.15) is 16.2 Å². The molecule has 0 aliphatic rings. The number of hydrogen-bond donors (Lipinski definition) is 2. The molecule has 1 aromatic heterocycles. The first kappa shape index (κ1) is 15.8. The number of benzene rings is 1. The Hall–Kier alpha value is -1.61. The zero-order chi connectivity index (χ0) is 15.5. The maximum absolute atomic E-state index is 12.3. The highest BCUT2D eigenvalue weighted by molar-refractivity contribution is 7.89. The molecule has 21 heavy (non-hydrogen) atoms. The van der Waals surface area contributed by atoms with Gasteiger partial charge >= 0.3 is 0 Å². The molecule has 3 N–H and O–H groups in total. The molecule has 0 saturated heterocycles. The second-order valence-corrected chi connectivity index (χ2v) is 6.62. The first-order valence-corrected chi connectivity index (χ1v) is 8.01. The number of rotatable bonds is 5. The van der Waals surface area contributed by atoms with Crippen LogP contribution in [0.15, 0.2) is 41.7 Å². The predicted octanol–water partition coefficient (Wildman–Crippen LogP) is 1.24. The van der Waals surface area contributed by atoms with Crippen LogP contribution in [0.25, 0.3) is 0 Å². The van der Waals surface area contributed by atoms with Crippen LogP contribution in [0.1, 0.15) is 11.3 Å². The lowest BCUT2D eigenvalue weighted by Gasteiger charge is -2.09. The van der Waals surface area contributed by atoms with E-state index in [4.69, 9.17) is 29.6 Å². The molecule has 1 heterocycles. The number of nitrogens with one attached hydrogen (secondary N) is 1. The van der Waals surface area contributed by atoms with Gasteiger partial charge in [-0.25, -0.2) is 23.1 Å². The summed E-state index contributed by atoms with van der Waals surface area (Å²) in [5.41, 5.74) is 6.46. The molecule has 0 aliphatic heterocycles. The summed E-state index contributed by atoms with van der Waals surface area (Å²) in [6, 6.07) is 5.95. The molecule has 0 amide bonds. The molecule has 0 spiro atoms. The van der Waals surface area contributed by atoms with Gasteiger partial charge in [-0.05, 0) is 18.2 Å². The van der Waals surface area contributed by atoms with E-state index in [2.05, 4.69) is 14.7 Å². The van der Waals surface area contributed by atoms with Gasteiger partial charge in [-0.15, -0.1) is 0 Å². The van der Waals surface area contributed by atoms with E-state index in [-0.39, 0.29) is 21.5 Å². The predicted molar refractivity (Wildman–Crippen MR) is 83.4 cm³/mol. The molecule has 6 nitrogen and oxygen atoms in total. The first-order chi connectivity index (χ1) is 9.90. The average Bonchev–Trinajstić information content (AvgIpc) is 2.46. The van der Waals surface area contributed by atoms with Gasteiger partial charge in [-0.3, -0.25) is 0 Å². The van der Waals surface area contributed by atoms with E-state index in [1.165, 1.54) is 24.7 Å². The van der Waals surface area contributed by atoms with Crippen molar-refractivity contribution in [3.8, 4) is 0 Å². The van der Waals surface area contributed by atoms with Crippen LogP contribution >= 0.6 is 23.8 Å². The topological polar surface area (TPSA) is 98.0 Å².